The Kier molecular flexibility index (Phi) is 7.19. The van der Waals surface area contributed by atoms with Gasteiger partial charge in [-0.2, -0.15) is 0 Å². The molecular weight excluding hydrogens is 641 g/mol. The van der Waals surface area contributed by atoms with Gasteiger partial charge in [0.25, 0.3) is 0 Å². The third-order valence-corrected chi connectivity index (χ3v) is 11.1. The van der Waals surface area contributed by atoms with Crippen molar-refractivity contribution in [2.75, 3.05) is 0 Å². The second-order valence-electron chi connectivity index (χ2n) is 14.6. The first-order chi connectivity index (χ1) is 26.0. The van der Waals surface area contributed by atoms with Gasteiger partial charge in [0.1, 0.15) is 0 Å². The molecule has 53 heavy (non-hydrogen) atoms. The molecule has 0 spiro atoms. The molecule has 0 saturated carbocycles. The Hall–Kier alpha value is -6.64. The van der Waals surface area contributed by atoms with Gasteiger partial charge in [-0.15, -0.1) is 0 Å². The minimum absolute atomic E-state index is 0.0961. The zero-order valence-electron chi connectivity index (χ0n) is 29.7. The van der Waals surface area contributed by atoms with Gasteiger partial charge in [0.2, 0.25) is 0 Å². The van der Waals surface area contributed by atoms with E-state index in [-0.39, 0.29) is 5.41 Å². The van der Waals surface area contributed by atoms with E-state index in [4.69, 9.17) is 9.97 Å². The Labute approximate surface area is 310 Å². The molecule has 0 fully saturated rings. The van der Waals surface area contributed by atoms with Gasteiger partial charge in [0.05, 0.1) is 11.4 Å². The topological polar surface area (TPSA) is 25.8 Å². The van der Waals surface area contributed by atoms with E-state index >= 15 is 0 Å². The molecule has 2 nitrogen and oxygen atoms in total. The summed E-state index contributed by atoms with van der Waals surface area (Å²) in [5.41, 5.74) is 15.2. The maximum Gasteiger partial charge on any atom is 0.160 e. The van der Waals surface area contributed by atoms with Gasteiger partial charge in [0, 0.05) is 22.1 Å². The van der Waals surface area contributed by atoms with Crippen molar-refractivity contribution in [3.05, 3.63) is 193 Å². The summed E-state index contributed by atoms with van der Waals surface area (Å²) in [5, 5.41) is 5.03. The second kappa shape index (κ2) is 12.3. The molecule has 0 saturated heterocycles. The summed E-state index contributed by atoms with van der Waals surface area (Å²) in [6, 6.07) is 65.4. The molecule has 1 aliphatic rings. The highest BCUT2D eigenvalue weighted by Gasteiger charge is 2.37. The summed E-state index contributed by atoms with van der Waals surface area (Å²) < 4.78 is 0. The molecule has 0 amide bonds. The number of fused-ring (bicyclic) bond motifs is 5. The standard InChI is InChI=1S/C51H36N2/c1-51(2)45-26-14-25-43(49(45)44-30-35-19-9-10-20-36(35)31-46(44)51)42-28-27-39(40-23-11-12-24-41(40)42)37-21-13-22-38(29-37)50-52-47(33-15-5-3-6-16-33)32-48(53-50)34-17-7-4-8-18-34/h3-32H,1-2H3. The number of hydrogen-bond acceptors (Lipinski definition) is 2. The molecule has 0 unspecified atom stereocenters. The van der Waals surface area contributed by atoms with Crippen molar-refractivity contribution in [2.24, 2.45) is 0 Å². The molecule has 8 aromatic carbocycles. The molecule has 1 heterocycles. The van der Waals surface area contributed by atoms with Crippen molar-refractivity contribution in [2.45, 2.75) is 19.3 Å². The maximum atomic E-state index is 5.12. The molecule has 250 valence electrons. The van der Waals surface area contributed by atoms with E-state index < -0.39 is 0 Å². The fraction of sp³-hybridized carbons (Fsp3) is 0.0588. The zero-order valence-corrected chi connectivity index (χ0v) is 29.7. The SMILES string of the molecule is CC1(C)c2cc3ccccc3cc2-c2c(-c3ccc(-c4cccc(-c5nc(-c6ccccc6)cc(-c6ccccc6)n5)c4)c4ccccc34)cccc21. The summed E-state index contributed by atoms with van der Waals surface area (Å²) in [7, 11) is 0. The Bertz CT molecular complexity index is 2790. The highest BCUT2D eigenvalue weighted by atomic mass is 14.9. The highest BCUT2D eigenvalue weighted by molar-refractivity contribution is 6.09. The average Bonchev–Trinajstić information content (AvgIpc) is 3.45. The highest BCUT2D eigenvalue weighted by Crippen LogP contribution is 2.54. The molecular formula is C51H36N2. The van der Waals surface area contributed by atoms with Crippen LogP contribution in [0.2, 0.25) is 0 Å². The molecule has 0 atom stereocenters. The minimum Gasteiger partial charge on any atom is -0.228 e. The van der Waals surface area contributed by atoms with Gasteiger partial charge in [-0.3, -0.25) is 0 Å². The predicted octanol–water partition coefficient (Wildman–Crippen LogP) is 13.4. The van der Waals surface area contributed by atoms with Crippen LogP contribution in [0.3, 0.4) is 0 Å². The van der Waals surface area contributed by atoms with Gasteiger partial charge < -0.3 is 0 Å². The first-order valence-corrected chi connectivity index (χ1v) is 18.3. The summed E-state index contributed by atoms with van der Waals surface area (Å²) in [6.07, 6.45) is 0. The fourth-order valence-electron chi connectivity index (χ4n) is 8.40. The fourth-order valence-corrected chi connectivity index (χ4v) is 8.40. The lowest BCUT2D eigenvalue weighted by Gasteiger charge is -2.22. The van der Waals surface area contributed by atoms with Gasteiger partial charge in [0.15, 0.2) is 5.82 Å². The Morgan fingerprint density at radius 3 is 1.60 bits per heavy atom. The molecule has 0 radical (unpaired) electrons. The lowest BCUT2D eigenvalue weighted by atomic mass is 9.81. The van der Waals surface area contributed by atoms with Crippen LogP contribution in [0.25, 0.3) is 88.8 Å². The lowest BCUT2D eigenvalue weighted by molar-refractivity contribution is 0.661. The first-order valence-electron chi connectivity index (χ1n) is 18.3. The van der Waals surface area contributed by atoms with Crippen LogP contribution in [-0.2, 0) is 5.41 Å². The van der Waals surface area contributed by atoms with E-state index in [2.05, 4.69) is 184 Å². The van der Waals surface area contributed by atoms with Crippen molar-refractivity contribution in [1.29, 1.82) is 0 Å². The summed E-state index contributed by atoms with van der Waals surface area (Å²) in [5.74, 6) is 0.710. The first kappa shape index (κ1) is 31.1. The molecule has 10 rings (SSSR count). The van der Waals surface area contributed by atoms with Gasteiger partial charge in [-0.25, -0.2) is 9.97 Å². The van der Waals surface area contributed by atoms with Crippen LogP contribution in [0, 0.1) is 0 Å². The van der Waals surface area contributed by atoms with Crippen molar-refractivity contribution in [3.8, 4) is 67.3 Å². The average molecular weight is 677 g/mol. The maximum absolute atomic E-state index is 5.12. The second-order valence-corrected chi connectivity index (χ2v) is 14.6. The molecule has 0 aliphatic heterocycles. The van der Waals surface area contributed by atoms with Crippen LogP contribution in [0.15, 0.2) is 182 Å². The summed E-state index contributed by atoms with van der Waals surface area (Å²) in [4.78, 5) is 10.2. The minimum atomic E-state index is -0.0961. The molecule has 1 aliphatic carbocycles. The van der Waals surface area contributed by atoms with Crippen molar-refractivity contribution >= 4 is 21.5 Å². The van der Waals surface area contributed by atoms with E-state index in [1.807, 2.05) is 12.1 Å². The van der Waals surface area contributed by atoms with E-state index in [1.165, 1.54) is 60.5 Å². The largest absolute Gasteiger partial charge is 0.228 e. The molecule has 2 heteroatoms. The van der Waals surface area contributed by atoms with Crippen molar-refractivity contribution in [1.82, 2.24) is 9.97 Å². The van der Waals surface area contributed by atoms with E-state index in [0.29, 0.717) is 5.82 Å². The van der Waals surface area contributed by atoms with Crippen LogP contribution < -0.4 is 0 Å². The van der Waals surface area contributed by atoms with E-state index in [9.17, 15) is 0 Å². The Morgan fingerprint density at radius 1 is 0.358 bits per heavy atom. The third kappa shape index (κ3) is 5.18. The van der Waals surface area contributed by atoms with E-state index in [1.54, 1.807) is 0 Å². The quantitative estimate of drug-likeness (QED) is 0.181. The Morgan fingerprint density at radius 2 is 0.906 bits per heavy atom. The number of rotatable bonds is 5. The van der Waals surface area contributed by atoms with Crippen LogP contribution in [0.5, 0.6) is 0 Å². The van der Waals surface area contributed by atoms with Gasteiger partial charge >= 0.3 is 0 Å². The van der Waals surface area contributed by atoms with Gasteiger partial charge in [-0.05, 0) is 90.3 Å². The zero-order chi connectivity index (χ0) is 35.5. The smallest absolute Gasteiger partial charge is 0.160 e. The normalized spacial score (nSPS) is 12.9. The predicted molar refractivity (Wildman–Crippen MR) is 222 cm³/mol. The number of benzene rings is 8. The van der Waals surface area contributed by atoms with Crippen molar-refractivity contribution in [3.63, 3.8) is 0 Å². The number of hydrogen-bond donors (Lipinski definition) is 0. The molecule has 9 aromatic rings. The van der Waals surface area contributed by atoms with Crippen LogP contribution in [0.4, 0.5) is 0 Å². The third-order valence-electron chi connectivity index (χ3n) is 11.1. The van der Waals surface area contributed by atoms with Crippen LogP contribution >= 0.6 is 0 Å². The van der Waals surface area contributed by atoms with Gasteiger partial charge in [-0.1, -0.05) is 172 Å². The monoisotopic (exact) mass is 676 g/mol. The van der Waals surface area contributed by atoms with Crippen LogP contribution in [-0.4, -0.2) is 9.97 Å². The van der Waals surface area contributed by atoms with E-state index in [0.717, 1.165) is 33.6 Å². The summed E-state index contributed by atoms with van der Waals surface area (Å²) in [6.45, 7) is 4.74. The molecule has 0 bridgehead atoms. The lowest BCUT2D eigenvalue weighted by Crippen LogP contribution is -2.14. The molecule has 0 N–H and O–H groups in total. The number of aromatic nitrogens is 2. The summed E-state index contributed by atoms with van der Waals surface area (Å²) >= 11 is 0. The number of nitrogens with zero attached hydrogens (tertiary/aromatic N) is 2. The van der Waals surface area contributed by atoms with Crippen LogP contribution in [0.1, 0.15) is 25.0 Å². The Balaban J connectivity index is 1.12. The molecule has 1 aromatic heterocycles. The van der Waals surface area contributed by atoms with Crippen molar-refractivity contribution < 1.29 is 0 Å².